The zero-order valence-corrected chi connectivity index (χ0v) is 17.3. The van der Waals surface area contributed by atoms with Gasteiger partial charge in [-0.1, -0.05) is 17.7 Å². The Kier molecular flexibility index (Phi) is 4.77. The van der Waals surface area contributed by atoms with E-state index in [1.54, 1.807) is 29.6 Å². The number of hydrogen-bond donors (Lipinski definition) is 2. The summed E-state index contributed by atoms with van der Waals surface area (Å²) in [4.78, 5) is 20.3. The van der Waals surface area contributed by atoms with E-state index in [9.17, 15) is 13.2 Å². The molecule has 0 aliphatic heterocycles. The lowest BCUT2D eigenvalue weighted by atomic mass is 10.2. The molecule has 0 radical (unpaired) electrons. The third-order valence-corrected chi connectivity index (χ3v) is 6.98. The van der Waals surface area contributed by atoms with Gasteiger partial charge in [0, 0.05) is 6.20 Å². The number of aromatic nitrogens is 3. The minimum atomic E-state index is -3.89. The van der Waals surface area contributed by atoms with E-state index in [1.165, 1.54) is 29.7 Å². The van der Waals surface area contributed by atoms with Gasteiger partial charge in [-0.3, -0.25) is 4.79 Å². The fraction of sp³-hybridized carbons (Fsp3) is 0.0556. The molecule has 0 saturated heterocycles. The van der Waals surface area contributed by atoms with Crippen LogP contribution < -0.4 is 11.1 Å². The lowest BCUT2D eigenvalue weighted by Crippen LogP contribution is -2.13. The van der Waals surface area contributed by atoms with Crippen molar-refractivity contribution in [3.05, 3.63) is 63.7 Å². The molecule has 0 saturated carbocycles. The predicted molar refractivity (Wildman–Crippen MR) is 112 cm³/mol. The molecular formula is C18H14ClN5O3S2. The first-order valence-corrected chi connectivity index (χ1v) is 11.0. The third kappa shape index (κ3) is 3.46. The second kappa shape index (κ2) is 7.14. The van der Waals surface area contributed by atoms with E-state index in [1.807, 2.05) is 6.92 Å². The molecule has 3 aromatic heterocycles. The lowest BCUT2D eigenvalue weighted by Gasteiger charge is -2.10. The highest BCUT2D eigenvalue weighted by molar-refractivity contribution is 7.90. The molecule has 3 N–H and O–H groups in total. The van der Waals surface area contributed by atoms with Gasteiger partial charge in [0.05, 0.1) is 16.0 Å². The van der Waals surface area contributed by atoms with Crippen molar-refractivity contribution in [2.45, 2.75) is 11.8 Å². The first-order valence-electron chi connectivity index (χ1n) is 8.28. The predicted octanol–water partition coefficient (Wildman–Crippen LogP) is 3.53. The van der Waals surface area contributed by atoms with Crippen LogP contribution in [-0.4, -0.2) is 28.3 Å². The minimum Gasteiger partial charge on any atom is -0.365 e. The Labute approximate surface area is 175 Å². The van der Waals surface area contributed by atoms with Gasteiger partial charge in [0.25, 0.3) is 15.9 Å². The Morgan fingerprint density at radius 3 is 2.59 bits per heavy atom. The van der Waals surface area contributed by atoms with Gasteiger partial charge in [0.2, 0.25) is 5.28 Å². The molecule has 0 fully saturated rings. The van der Waals surface area contributed by atoms with E-state index in [0.717, 1.165) is 9.54 Å². The van der Waals surface area contributed by atoms with E-state index in [2.05, 4.69) is 15.3 Å². The number of halogens is 1. The number of carbonyl (C=O) groups is 1. The molecule has 0 bridgehead atoms. The number of rotatable bonds is 5. The molecule has 4 rings (SSSR count). The minimum absolute atomic E-state index is 0.115. The molecule has 11 heteroatoms. The Balaban J connectivity index is 1.84. The van der Waals surface area contributed by atoms with Crippen LogP contribution in [0.25, 0.3) is 11.0 Å². The summed E-state index contributed by atoms with van der Waals surface area (Å²) in [6.45, 7) is 1.87. The van der Waals surface area contributed by atoms with Crippen LogP contribution in [0.5, 0.6) is 0 Å². The van der Waals surface area contributed by atoms with Gasteiger partial charge >= 0.3 is 0 Å². The molecule has 3 heterocycles. The number of nitrogens with two attached hydrogens (primary N) is 1. The smallest absolute Gasteiger partial charge is 0.269 e. The second-order valence-electron chi connectivity index (χ2n) is 6.16. The number of thiophene rings is 1. The van der Waals surface area contributed by atoms with Crippen LogP contribution >= 0.6 is 22.9 Å². The van der Waals surface area contributed by atoms with Crippen molar-refractivity contribution < 1.29 is 13.2 Å². The second-order valence-corrected chi connectivity index (χ2v) is 9.23. The van der Waals surface area contributed by atoms with Crippen LogP contribution in [-0.2, 0) is 10.0 Å². The molecule has 4 aromatic rings. The third-order valence-electron chi connectivity index (χ3n) is 4.20. The Morgan fingerprint density at radius 1 is 1.17 bits per heavy atom. The van der Waals surface area contributed by atoms with Gasteiger partial charge in [-0.2, -0.15) is 9.97 Å². The van der Waals surface area contributed by atoms with Gasteiger partial charge in [0.15, 0.2) is 5.65 Å². The van der Waals surface area contributed by atoms with Crippen LogP contribution in [0.2, 0.25) is 5.28 Å². The lowest BCUT2D eigenvalue weighted by molar-refractivity contribution is 0.100. The average Bonchev–Trinajstić information content (AvgIpc) is 3.29. The summed E-state index contributed by atoms with van der Waals surface area (Å²) in [6, 6.07) is 9.74. The number of carbonyl (C=O) groups excluding carboxylic acids is 1. The summed E-state index contributed by atoms with van der Waals surface area (Å²) in [5.41, 5.74) is 6.89. The fourth-order valence-electron chi connectivity index (χ4n) is 2.80. The van der Waals surface area contributed by atoms with Gasteiger partial charge in [-0.15, -0.1) is 11.3 Å². The summed E-state index contributed by atoms with van der Waals surface area (Å²) in [5.74, 6) is -0.322. The van der Waals surface area contributed by atoms with Crippen LogP contribution in [0.15, 0.2) is 52.9 Å². The SMILES string of the molecule is Cc1ccc(S(=O)(=O)n2ccc3c(Nc4ccsc4C(N)=O)nc(Cl)nc32)cc1. The summed E-state index contributed by atoms with van der Waals surface area (Å²) >= 11 is 7.23. The van der Waals surface area contributed by atoms with Crippen molar-refractivity contribution in [3.8, 4) is 0 Å². The molecule has 0 aliphatic rings. The molecule has 0 spiro atoms. The molecule has 0 atom stereocenters. The van der Waals surface area contributed by atoms with Gasteiger partial charge in [-0.05, 0) is 48.2 Å². The Hall–Kier alpha value is -2.95. The van der Waals surface area contributed by atoms with Crippen LogP contribution in [0, 0.1) is 6.92 Å². The van der Waals surface area contributed by atoms with Crippen molar-refractivity contribution in [1.29, 1.82) is 0 Å². The first kappa shape index (κ1) is 19.4. The van der Waals surface area contributed by atoms with Crippen molar-refractivity contribution in [3.63, 3.8) is 0 Å². The number of amides is 1. The molecule has 0 aliphatic carbocycles. The maximum absolute atomic E-state index is 13.1. The van der Waals surface area contributed by atoms with Gasteiger partial charge < -0.3 is 11.1 Å². The highest BCUT2D eigenvalue weighted by atomic mass is 35.5. The summed E-state index contributed by atoms with van der Waals surface area (Å²) in [5, 5.41) is 4.98. The summed E-state index contributed by atoms with van der Waals surface area (Å²) in [7, 11) is -3.89. The highest BCUT2D eigenvalue weighted by Crippen LogP contribution is 2.31. The number of aryl methyl sites for hydroxylation is 1. The number of anilines is 2. The quantitative estimate of drug-likeness (QED) is 0.451. The van der Waals surface area contributed by atoms with Crippen molar-refractivity contribution in [2.24, 2.45) is 5.73 Å². The van der Waals surface area contributed by atoms with Crippen LogP contribution in [0.4, 0.5) is 11.5 Å². The number of fused-ring (bicyclic) bond motifs is 1. The number of benzene rings is 1. The molecule has 29 heavy (non-hydrogen) atoms. The van der Waals surface area contributed by atoms with E-state index in [4.69, 9.17) is 17.3 Å². The normalized spacial score (nSPS) is 11.7. The van der Waals surface area contributed by atoms with Gasteiger partial charge in [-0.25, -0.2) is 12.4 Å². The Bertz CT molecular complexity index is 1340. The zero-order chi connectivity index (χ0) is 20.8. The van der Waals surface area contributed by atoms with Gasteiger partial charge in [0.1, 0.15) is 10.7 Å². The largest absolute Gasteiger partial charge is 0.365 e. The fourth-order valence-corrected chi connectivity index (χ4v) is 4.97. The first-order chi connectivity index (χ1) is 13.8. The van der Waals surface area contributed by atoms with Crippen LogP contribution in [0.1, 0.15) is 15.2 Å². The summed E-state index contributed by atoms with van der Waals surface area (Å²) < 4.78 is 27.2. The summed E-state index contributed by atoms with van der Waals surface area (Å²) in [6.07, 6.45) is 1.39. The molecule has 1 amide bonds. The van der Waals surface area contributed by atoms with E-state index >= 15 is 0 Å². The monoisotopic (exact) mass is 447 g/mol. The van der Waals surface area contributed by atoms with Crippen LogP contribution in [0.3, 0.4) is 0 Å². The van der Waals surface area contributed by atoms with Crippen molar-refractivity contribution >= 4 is 61.4 Å². The molecule has 1 aromatic carbocycles. The molecule has 148 valence electrons. The van der Waals surface area contributed by atoms with E-state index < -0.39 is 15.9 Å². The highest BCUT2D eigenvalue weighted by Gasteiger charge is 2.22. The number of nitrogens with one attached hydrogen (secondary N) is 1. The zero-order valence-electron chi connectivity index (χ0n) is 15.0. The van der Waals surface area contributed by atoms with E-state index in [-0.39, 0.29) is 21.6 Å². The maximum atomic E-state index is 13.1. The number of primary amides is 1. The molecule has 8 nitrogen and oxygen atoms in total. The Morgan fingerprint density at radius 2 is 1.90 bits per heavy atom. The van der Waals surface area contributed by atoms with Crippen molar-refractivity contribution in [2.75, 3.05) is 5.32 Å². The van der Waals surface area contributed by atoms with E-state index in [0.29, 0.717) is 16.0 Å². The average molecular weight is 448 g/mol. The molecule has 0 unspecified atom stereocenters. The van der Waals surface area contributed by atoms with Crippen molar-refractivity contribution in [1.82, 2.24) is 13.9 Å². The number of nitrogens with zero attached hydrogens (tertiary/aromatic N) is 3. The maximum Gasteiger partial charge on any atom is 0.269 e. The number of hydrogen-bond acceptors (Lipinski definition) is 7. The molecular weight excluding hydrogens is 434 g/mol. The standard InChI is InChI=1S/C18H14ClN5O3S2/c1-10-2-4-11(5-3-10)29(26,27)24-8-6-12-16(22-18(19)23-17(12)24)21-13-7-9-28-14(13)15(20)25/h2-9H,1H3,(H2,20,25)(H,21,22,23). The topological polar surface area (TPSA) is 120 Å².